The van der Waals surface area contributed by atoms with Gasteiger partial charge in [0.1, 0.15) is 24.2 Å². The number of esters is 1. The van der Waals surface area contributed by atoms with Crippen LogP contribution in [-0.4, -0.2) is 25.3 Å². The normalized spacial score (nSPS) is 11.7. The molecule has 0 radical (unpaired) electrons. The zero-order valence-electron chi connectivity index (χ0n) is 20.1. The van der Waals surface area contributed by atoms with E-state index in [1.807, 2.05) is 43.3 Å². The Bertz CT molecular complexity index is 752. The lowest BCUT2D eigenvalue weighted by atomic mass is 10.1. The van der Waals surface area contributed by atoms with Gasteiger partial charge in [0, 0.05) is 6.42 Å². The van der Waals surface area contributed by atoms with Crippen LogP contribution in [-0.2, 0) is 9.53 Å². The van der Waals surface area contributed by atoms with E-state index in [0.717, 1.165) is 54.9 Å². The standard InChI is InChI=1S/C28H40O4/c1-4-6-8-10-12-28(29)32-23(3)22-31-27-19-15-25(16-20-27)24-13-17-26(18-14-24)30-21-11-9-7-5-2/h13-20,23H,4-12,21-22H2,1-3H3. The molecule has 0 saturated heterocycles. The van der Waals surface area contributed by atoms with E-state index in [2.05, 4.69) is 26.0 Å². The second-order valence-electron chi connectivity index (χ2n) is 8.38. The highest BCUT2D eigenvalue weighted by atomic mass is 16.6. The van der Waals surface area contributed by atoms with E-state index >= 15 is 0 Å². The predicted octanol–water partition coefficient (Wildman–Crippen LogP) is 7.59. The van der Waals surface area contributed by atoms with Gasteiger partial charge in [-0.25, -0.2) is 0 Å². The Labute approximate surface area is 194 Å². The molecule has 0 saturated carbocycles. The van der Waals surface area contributed by atoms with E-state index in [4.69, 9.17) is 14.2 Å². The average molecular weight is 441 g/mol. The zero-order valence-corrected chi connectivity index (χ0v) is 20.1. The van der Waals surface area contributed by atoms with E-state index in [9.17, 15) is 4.79 Å². The van der Waals surface area contributed by atoms with Gasteiger partial charge in [0.15, 0.2) is 0 Å². The molecule has 32 heavy (non-hydrogen) atoms. The zero-order chi connectivity index (χ0) is 23.0. The Morgan fingerprint density at radius 2 is 1.25 bits per heavy atom. The largest absolute Gasteiger partial charge is 0.494 e. The molecule has 0 bridgehead atoms. The minimum absolute atomic E-state index is 0.138. The van der Waals surface area contributed by atoms with Crippen molar-refractivity contribution in [3.05, 3.63) is 48.5 Å². The summed E-state index contributed by atoms with van der Waals surface area (Å²) in [6.45, 7) is 7.37. The molecule has 1 atom stereocenters. The van der Waals surface area contributed by atoms with Crippen LogP contribution in [0, 0.1) is 0 Å². The van der Waals surface area contributed by atoms with Gasteiger partial charge in [0.05, 0.1) is 6.61 Å². The lowest BCUT2D eigenvalue weighted by molar-refractivity contribution is -0.149. The van der Waals surface area contributed by atoms with Crippen LogP contribution in [0.1, 0.15) is 78.6 Å². The third kappa shape index (κ3) is 10.2. The highest BCUT2D eigenvalue weighted by molar-refractivity contribution is 5.69. The van der Waals surface area contributed by atoms with Crippen molar-refractivity contribution in [2.24, 2.45) is 0 Å². The molecule has 4 heteroatoms. The number of carbonyl (C=O) groups excluding carboxylic acids is 1. The topological polar surface area (TPSA) is 44.8 Å². The SMILES string of the molecule is CCCCCCOc1ccc(-c2ccc(OCC(C)OC(=O)CCCCCC)cc2)cc1. The van der Waals surface area contributed by atoms with Gasteiger partial charge in [0.2, 0.25) is 0 Å². The Hall–Kier alpha value is -2.49. The van der Waals surface area contributed by atoms with Crippen LogP contribution >= 0.6 is 0 Å². The summed E-state index contributed by atoms with van der Waals surface area (Å²) in [6, 6.07) is 16.2. The molecule has 2 aromatic carbocycles. The van der Waals surface area contributed by atoms with Gasteiger partial charge in [-0.05, 0) is 55.2 Å². The molecule has 4 nitrogen and oxygen atoms in total. The molecule has 1 unspecified atom stereocenters. The van der Waals surface area contributed by atoms with E-state index in [1.54, 1.807) is 0 Å². The van der Waals surface area contributed by atoms with Crippen LogP contribution in [0.15, 0.2) is 48.5 Å². The van der Waals surface area contributed by atoms with E-state index in [-0.39, 0.29) is 12.1 Å². The number of carbonyl (C=O) groups is 1. The maximum atomic E-state index is 11.9. The van der Waals surface area contributed by atoms with Gasteiger partial charge in [-0.15, -0.1) is 0 Å². The molecule has 2 aromatic rings. The molecule has 0 N–H and O–H groups in total. The number of unbranched alkanes of at least 4 members (excludes halogenated alkanes) is 6. The molecule has 0 heterocycles. The van der Waals surface area contributed by atoms with Gasteiger partial charge in [-0.1, -0.05) is 76.6 Å². The van der Waals surface area contributed by atoms with Crippen molar-refractivity contribution in [3.63, 3.8) is 0 Å². The maximum absolute atomic E-state index is 11.9. The minimum atomic E-state index is -0.261. The Kier molecular flexibility index (Phi) is 12.3. The molecule has 2 rings (SSSR count). The first kappa shape index (κ1) is 25.8. The van der Waals surface area contributed by atoms with E-state index in [1.165, 1.54) is 25.7 Å². The highest BCUT2D eigenvalue weighted by Gasteiger charge is 2.10. The van der Waals surface area contributed by atoms with E-state index in [0.29, 0.717) is 13.0 Å². The molecule has 0 spiro atoms. The maximum Gasteiger partial charge on any atom is 0.306 e. The summed E-state index contributed by atoms with van der Waals surface area (Å²) in [5.41, 5.74) is 2.26. The van der Waals surface area contributed by atoms with Gasteiger partial charge in [0.25, 0.3) is 0 Å². The van der Waals surface area contributed by atoms with Gasteiger partial charge >= 0.3 is 5.97 Å². The summed E-state index contributed by atoms with van der Waals surface area (Å²) in [6.07, 6.45) is 9.37. The average Bonchev–Trinajstić information content (AvgIpc) is 2.81. The number of hydrogen-bond acceptors (Lipinski definition) is 4. The predicted molar refractivity (Wildman–Crippen MR) is 131 cm³/mol. The molecule has 0 aliphatic rings. The number of hydrogen-bond donors (Lipinski definition) is 0. The second-order valence-corrected chi connectivity index (χ2v) is 8.38. The lowest BCUT2D eigenvalue weighted by Gasteiger charge is -2.15. The van der Waals surface area contributed by atoms with Gasteiger partial charge in [-0.3, -0.25) is 4.79 Å². The number of rotatable bonds is 16. The van der Waals surface area contributed by atoms with Crippen molar-refractivity contribution in [2.75, 3.05) is 13.2 Å². The van der Waals surface area contributed by atoms with Crippen molar-refractivity contribution in [1.82, 2.24) is 0 Å². The van der Waals surface area contributed by atoms with Crippen molar-refractivity contribution < 1.29 is 19.0 Å². The van der Waals surface area contributed by atoms with Crippen LogP contribution in [0.25, 0.3) is 11.1 Å². The van der Waals surface area contributed by atoms with Crippen molar-refractivity contribution in [2.45, 2.75) is 84.7 Å². The molecule has 176 valence electrons. The lowest BCUT2D eigenvalue weighted by Crippen LogP contribution is -2.21. The Morgan fingerprint density at radius 1 is 0.719 bits per heavy atom. The number of benzene rings is 2. The summed E-state index contributed by atoms with van der Waals surface area (Å²) >= 11 is 0. The van der Waals surface area contributed by atoms with Crippen LogP contribution in [0.3, 0.4) is 0 Å². The smallest absolute Gasteiger partial charge is 0.306 e. The van der Waals surface area contributed by atoms with Crippen molar-refractivity contribution in [3.8, 4) is 22.6 Å². The second kappa shape index (κ2) is 15.3. The molecular weight excluding hydrogens is 400 g/mol. The van der Waals surface area contributed by atoms with Gasteiger partial charge in [-0.2, -0.15) is 0 Å². The first-order chi connectivity index (χ1) is 15.6. The van der Waals surface area contributed by atoms with Crippen LogP contribution in [0.5, 0.6) is 11.5 Å². The molecule has 0 fully saturated rings. The van der Waals surface area contributed by atoms with Gasteiger partial charge < -0.3 is 14.2 Å². The summed E-state index contributed by atoms with van der Waals surface area (Å²) in [4.78, 5) is 11.9. The van der Waals surface area contributed by atoms with Crippen molar-refractivity contribution >= 4 is 5.97 Å². The van der Waals surface area contributed by atoms with Crippen LogP contribution < -0.4 is 9.47 Å². The molecule has 0 amide bonds. The molecular formula is C28H40O4. The fourth-order valence-corrected chi connectivity index (χ4v) is 3.43. The molecule has 0 aliphatic heterocycles. The van der Waals surface area contributed by atoms with Crippen molar-refractivity contribution in [1.29, 1.82) is 0 Å². The summed E-state index contributed by atoms with van der Waals surface area (Å²) in [5, 5.41) is 0. The number of ether oxygens (including phenoxy) is 3. The highest BCUT2D eigenvalue weighted by Crippen LogP contribution is 2.25. The quantitative estimate of drug-likeness (QED) is 0.199. The Morgan fingerprint density at radius 3 is 1.81 bits per heavy atom. The minimum Gasteiger partial charge on any atom is -0.494 e. The summed E-state index contributed by atoms with van der Waals surface area (Å²) in [5.74, 6) is 1.55. The first-order valence-corrected chi connectivity index (χ1v) is 12.3. The third-order valence-corrected chi connectivity index (χ3v) is 5.36. The summed E-state index contributed by atoms with van der Waals surface area (Å²) in [7, 11) is 0. The first-order valence-electron chi connectivity index (χ1n) is 12.3. The Balaban J connectivity index is 1.72. The molecule has 0 aromatic heterocycles. The van der Waals surface area contributed by atoms with E-state index < -0.39 is 0 Å². The van der Waals surface area contributed by atoms with Crippen LogP contribution in [0.4, 0.5) is 0 Å². The van der Waals surface area contributed by atoms with Crippen LogP contribution in [0.2, 0.25) is 0 Å². The summed E-state index contributed by atoms with van der Waals surface area (Å²) < 4.78 is 17.0. The fraction of sp³-hybridized carbons (Fsp3) is 0.536. The fourth-order valence-electron chi connectivity index (χ4n) is 3.43. The monoisotopic (exact) mass is 440 g/mol. The third-order valence-electron chi connectivity index (χ3n) is 5.36. The molecule has 0 aliphatic carbocycles.